The van der Waals surface area contributed by atoms with Gasteiger partial charge in [-0.2, -0.15) is 0 Å². The van der Waals surface area contributed by atoms with Gasteiger partial charge in [-0.25, -0.2) is 0 Å². The molecule has 0 unspecified atom stereocenters. The van der Waals surface area contributed by atoms with Crippen LogP contribution in [0, 0.1) is 13.8 Å². The van der Waals surface area contributed by atoms with E-state index in [1.54, 1.807) is 7.11 Å². The van der Waals surface area contributed by atoms with Crippen molar-refractivity contribution in [2.45, 2.75) is 59.5 Å². The van der Waals surface area contributed by atoms with Crippen LogP contribution in [0.2, 0.25) is 0 Å². The van der Waals surface area contributed by atoms with Gasteiger partial charge in [0.25, 0.3) is 0 Å². The minimum atomic E-state index is 0.0714. The molecular weight excluding hydrogens is 524 g/mol. The van der Waals surface area contributed by atoms with E-state index in [-0.39, 0.29) is 5.92 Å². The van der Waals surface area contributed by atoms with Gasteiger partial charge in [0.05, 0.1) is 7.11 Å². The topological polar surface area (TPSA) is 33.3 Å². The third kappa shape index (κ3) is 7.11. The Balaban J connectivity index is 1.48. The zero-order valence-electron chi connectivity index (χ0n) is 26.2. The maximum Gasteiger partial charge on any atom is 0.118 e. The summed E-state index contributed by atoms with van der Waals surface area (Å²) in [6, 6.07) is 39.7. The van der Waals surface area contributed by atoms with Gasteiger partial charge in [0.1, 0.15) is 5.75 Å². The van der Waals surface area contributed by atoms with Gasteiger partial charge < -0.3 is 15.4 Å². The molecule has 0 saturated heterocycles. The van der Waals surface area contributed by atoms with Crippen LogP contribution in [0.5, 0.6) is 5.75 Å². The summed E-state index contributed by atoms with van der Waals surface area (Å²) in [6.45, 7) is 10.5. The van der Waals surface area contributed by atoms with Crippen molar-refractivity contribution in [2.24, 2.45) is 0 Å². The predicted molar refractivity (Wildman–Crippen MR) is 183 cm³/mol. The molecular formula is C40H44N2O. The van der Waals surface area contributed by atoms with E-state index in [1.165, 1.54) is 50.1 Å². The third-order valence-corrected chi connectivity index (χ3v) is 8.65. The molecule has 0 radical (unpaired) electrons. The molecule has 0 aliphatic rings. The van der Waals surface area contributed by atoms with E-state index < -0.39 is 0 Å². The number of ether oxygens (including phenoxy) is 1. The van der Waals surface area contributed by atoms with Gasteiger partial charge in [0.15, 0.2) is 0 Å². The number of hydrogen-bond donors (Lipinski definition) is 2. The number of anilines is 2. The van der Waals surface area contributed by atoms with E-state index in [9.17, 15) is 0 Å². The first-order valence-corrected chi connectivity index (χ1v) is 15.5. The first-order valence-electron chi connectivity index (χ1n) is 15.5. The Labute approximate surface area is 258 Å². The fourth-order valence-corrected chi connectivity index (χ4v) is 5.82. The smallest absolute Gasteiger partial charge is 0.118 e. The summed E-state index contributed by atoms with van der Waals surface area (Å²) in [4.78, 5) is 0. The summed E-state index contributed by atoms with van der Waals surface area (Å²) in [5.41, 5.74) is 14.0. The van der Waals surface area contributed by atoms with E-state index in [2.05, 4.69) is 148 Å². The molecule has 0 fully saturated rings. The monoisotopic (exact) mass is 568 g/mol. The van der Waals surface area contributed by atoms with E-state index in [1.807, 2.05) is 0 Å². The van der Waals surface area contributed by atoms with Gasteiger partial charge >= 0.3 is 0 Å². The van der Waals surface area contributed by atoms with Crippen LogP contribution in [0.1, 0.15) is 69.8 Å². The van der Waals surface area contributed by atoms with E-state index >= 15 is 0 Å². The molecule has 0 atom stereocenters. The molecule has 0 bridgehead atoms. The number of benzene rings is 5. The SMILES string of the molecule is CCc1ccc(CNc2cccc(C(c3ccc(OC)cc3)c3cccc(NCc4ccc(CC)cc4)c3C)c2C)cc1. The minimum absolute atomic E-state index is 0.0714. The average Bonchev–Trinajstić information content (AvgIpc) is 3.06. The van der Waals surface area contributed by atoms with E-state index in [0.717, 1.165) is 43.1 Å². The van der Waals surface area contributed by atoms with Gasteiger partial charge in [0, 0.05) is 30.4 Å². The Hall–Kier alpha value is -4.50. The number of hydrogen-bond acceptors (Lipinski definition) is 3. The first kappa shape index (κ1) is 30.0. The molecule has 0 aliphatic carbocycles. The van der Waals surface area contributed by atoms with Crippen LogP contribution >= 0.6 is 0 Å². The molecule has 0 saturated carbocycles. The lowest BCUT2D eigenvalue weighted by atomic mass is 9.80. The van der Waals surface area contributed by atoms with Crippen LogP contribution in [0.25, 0.3) is 0 Å². The lowest BCUT2D eigenvalue weighted by molar-refractivity contribution is 0.414. The second-order valence-electron chi connectivity index (χ2n) is 11.3. The zero-order chi connectivity index (χ0) is 30.2. The molecule has 0 aliphatic heterocycles. The normalized spacial score (nSPS) is 11.0. The quantitative estimate of drug-likeness (QED) is 0.147. The summed E-state index contributed by atoms with van der Waals surface area (Å²) < 4.78 is 5.50. The average molecular weight is 569 g/mol. The highest BCUT2D eigenvalue weighted by Crippen LogP contribution is 2.39. The van der Waals surface area contributed by atoms with Crippen molar-refractivity contribution in [3.8, 4) is 5.75 Å². The van der Waals surface area contributed by atoms with Crippen LogP contribution in [0.3, 0.4) is 0 Å². The molecule has 43 heavy (non-hydrogen) atoms. The Morgan fingerprint density at radius 1 is 0.535 bits per heavy atom. The van der Waals surface area contributed by atoms with Gasteiger partial charge in [-0.15, -0.1) is 0 Å². The van der Waals surface area contributed by atoms with Crippen molar-refractivity contribution in [2.75, 3.05) is 17.7 Å². The maximum absolute atomic E-state index is 5.50. The molecule has 220 valence electrons. The molecule has 5 rings (SSSR count). The molecule has 5 aromatic rings. The molecule has 3 heteroatoms. The van der Waals surface area contributed by atoms with Gasteiger partial charge in [0.2, 0.25) is 0 Å². The summed E-state index contributed by atoms with van der Waals surface area (Å²) >= 11 is 0. The fraction of sp³-hybridized carbons (Fsp3) is 0.250. The highest BCUT2D eigenvalue weighted by atomic mass is 16.5. The number of rotatable bonds is 12. The molecule has 0 spiro atoms. The second-order valence-corrected chi connectivity index (χ2v) is 11.3. The van der Waals surface area contributed by atoms with Crippen LogP contribution in [-0.2, 0) is 25.9 Å². The predicted octanol–water partition coefficient (Wildman–Crippen LogP) is 9.84. The number of aryl methyl sites for hydroxylation is 2. The lowest BCUT2D eigenvalue weighted by Crippen LogP contribution is -2.11. The van der Waals surface area contributed by atoms with Crippen molar-refractivity contribution >= 4 is 11.4 Å². The third-order valence-electron chi connectivity index (χ3n) is 8.65. The van der Waals surface area contributed by atoms with E-state index in [0.29, 0.717) is 0 Å². The molecule has 0 aromatic heterocycles. The summed E-state index contributed by atoms with van der Waals surface area (Å²) in [5.74, 6) is 0.937. The van der Waals surface area contributed by atoms with Crippen molar-refractivity contribution in [1.29, 1.82) is 0 Å². The van der Waals surface area contributed by atoms with Crippen LogP contribution in [-0.4, -0.2) is 7.11 Å². The summed E-state index contributed by atoms with van der Waals surface area (Å²) in [5, 5.41) is 7.45. The molecule has 0 heterocycles. The first-order chi connectivity index (χ1) is 21.0. The summed E-state index contributed by atoms with van der Waals surface area (Å²) in [7, 11) is 1.72. The molecule has 3 nitrogen and oxygen atoms in total. The standard InChI is InChI=1S/C40H44N2O/c1-6-30-14-18-32(19-15-30)26-41-38-12-8-10-36(28(38)3)40(34-22-24-35(43-5)25-23-34)37-11-9-13-39(29(37)4)42-27-33-20-16-31(7-2)17-21-33/h8-25,40-42H,6-7,26-27H2,1-5H3. The Bertz CT molecular complexity index is 1520. The maximum atomic E-state index is 5.50. The molecule has 5 aromatic carbocycles. The fourth-order valence-electron chi connectivity index (χ4n) is 5.82. The van der Waals surface area contributed by atoms with E-state index in [4.69, 9.17) is 4.74 Å². The Morgan fingerprint density at radius 3 is 1.35 bits per heavy atom. The van der Waals surface area contributed by atoms with Gasteiger partial charge in [-0.05, 0) is 101 Å². The van der Waals surface area contributed by atoms with Crippen molar-refractivity contribution in [1.82, 2.24) is 0 Å². The highest BCUT2D eigenvalue weighted by molar-refractivity contribution is 5.63. The lowest BCUT2D eigenvalue weighted by Gasteiger charge is -2.26. The van der Waals surface area contributed by atoms with Gasteiger partial charge in [-0.1, -0.05) is 98.8 Å². The van der Waals surface area contributed by atoms with Gasteiger partial charge in [-0.3, -0.25) is 0 Å². The van der Waals surface area contributed by atoms with Crippen LogP contribution in [0.15, 0.2) is 109 Å². The van der Waals surface area contributed by atoms with Crippen molar-refractivity contribution in [3.05, 3.63) is 159 Å². The molecule has 2 N–H and O–H groups in total. The Kier molecular flexibility index (Phi) is 9.84. The highest BCUT2D eigenvalue weighted by Gasteiger charge is 2.23. The van der Waals surface area contributed by atoms with Crippen molar-refractivity contribution < 1.29 is 4.74 Å². The Morgan fingerprint density at radius 2 is 0.953 bits per heavy atom. The zero-order valence-corrected chi connectivity index (χ0v) is 26.2. The number of methoxy groups -OCH3 is 1. The summed E-state index contributed by atoms with van der Waals surface area (Å²) in [6.07, 6.45) is 2.12. The van der Waals surface area contributed by atoms with Crippen LogP contribution < -0.4 is 15.4 Å². The van der Waals surface area contributed by atoms with Crippen molar-refractivity contribution in [3.63, 3.8) is 0 Å². The van der Waals surface area contributed by atoms with Crippen LogP contribution in [0.4, 0.5) is 11.4 Å². The minimum Gasteiger partial charge on any atom is -0.497 e. The second kappa shape index (κ2) is 14.1. The largest absolute Gasteiger partial charge is 0.497 e. The molecule has 0 amide bonds. The number of nitrogens with one attached hydrogen (secondary N) is 2.